The van der Waals surface area contributed by atoms with Crippen LogP contribution in [0.1, 0.15) is 50.3 Å². The molecule has 1 aliphatic rings. The Bertz CT molecular complexity index is 570. The average Bonchev–Trinajstić information content (AvgIpc) is 2.99. The molecule has 1 fully saturated rings. The molecule has 0 atom stereocenters. The van der Waals surface area contributed by atoms with E-state index in [2.05, 4.69) is 47.4 Å². The van der Waals surface area contributed by atoms with Gasteiger partial charge in [0.2, 0.25) is 0 Å². The number of aryl methyl sites for hydroxylation is 1. The maximum absolute atomic E-state index is 5.91. The molecule has 156 valence electrons. The first kappa shape index (κ1) is 24.2. The third-order valence-corrected chi connectivity index (χ3v) is 4.59. The topological polar surface area (TPSA) is 63.9 Å². The number of ether oxygens (including phenoxy) is 2. The first-order valence-corrected chi connectivity index (χ1v) is 9.64. The van der Waals surface area contributed by atoms with Crippen molar-refractivity contribution < 1.29 is 9.47 Å². The highest BCUT2D eigenvalue weighted by Crippen LogP contribution is 2.18. The molecule has 0 aliphatic carbocycles. The molecule has 1 aromatic heterocycles. The molecule has 8 heteroatoms. The first-order chi connectivity index (χ1) is 12.5. The molecule has 0 radical (unpaired) electrons. The second-order valence-corrected chi connectivity index (χ2v) is 7.23. The van der Waals surface area contributed by atoms with Gasteiger partial charge in [-0.15, -0.1) is 24.0 Å². The van der Waals surface area contributed by atoms with Crippen LogP contribution < -0.4 is 5.32 Å². The summed E-state index contributed by atoms with van der Waals surface area (Å²) in [7, 11) is 5.86. The Morgan fingerprint density at radius 3 is 2.78 bits per heavy atom. The lowest BCUT2D eigenvalue weighted by atomic mass is 10.1. The van der Waals surface area contributed by atoms with Gasteiger partial charge in [0.15, 0.2) is 5.96 Å². The molecular weight excluding hydrogens is 457 g/mol. The number of hydrogen-bond acceptors (Lipinski definition) is 4. The highest BCUT2D eigenvalue weighted by molar-refractivity contribution is 14.0. The van der Waals surface area contributed by atoms with Gasteiger partial charge in [0.1, 0.15) is 0 Å². The quantitative estimate of drug-likeness (QED) is 0.261. The Labute approximate surface area is 180 Å². The maximum Gasteiger partial charge on any atom is 0.193 e. The summed E-state index contributed by atoms with van der Waals surface area (Å²) in [6.07, 6.45) is 5.46. The number of guanidine groups is 1. The van der Waals surface area contributed by atoms with Crippen LogP contribution in [-0.2, 0) is 23.1 Å². The van der Waals surface area contributed by atoms with Gasteiger partial charge in [-0.1, -0.05) is 13.8 Å². The van der Waals surface area contributed by atoms with Crippen molar-refractivity contribution >= 4 is 29.9 Å². The van der Waals surface area contributed by atoms with Crippen LogP contribution in [0.4, 0.5) is 0 Å². The predicted molar refractivity (Wildman–Crippen MR) is 120 cm³/mol. The third-order valence-electron chi connectivity index (χ3n) is 4.59. The van der Waals surface area contributed by atoms with Gasteiger partial charge in [-0.2, -0.15) is 5.10 Å². The molecule has 1 N–H and O–H groups in total. The largest absolute Gasteiger partial charge is 0.381 e. The zero-order valence-corrected chi connectivity index (χ0v) is 19.7. The molecule has 1 aliphatic heterocycles. The van der Waals surface area contributed by atoms with Gasteiger partial charge < -0.3 is 19.7 Å². The molecule has 0 amide bonds. The Morgan fingerprint density at radius 2 is 2.15 bits per heavy atom. The van der Waals surface area contributed by atoms with Crippen molar-refractivity contribution in [2.45, 2.75) is 51.7 Å². The van der Waals surface area contributed by atoms with E-state index in [0.29, 0.717) is 12.0 Å². The van der Waals surface area contributed by atoms with Gasteiger partial charge in [-0.3, -0.25) is 9.67 Å². The summed E-state index contributed by atoms with van der Waals surface area (Å²) in [6.45, 7) is 8.43. The van der Waals surface area contributed by atoms with Crippen LogP contribution in [0.25, 0.3) is 0 Å². The van der Waals surface area contributed by atoms with Crippen molar-refractivity contribution in [3.8, 4) is 0 Å². The van der Waals surface area contributed by atoms with Crippen LogP contribution in [0.15, 0.2) is 11.2 Å². The number of halogens is 1. The molecule has 2 rings (SSSR count). The second-order valence-electron chi connectivity index (χ2n) is 7.23. The van der Waals surface area contributed by atoms with Crippen LogP contribution in [0.5, 0.6) is 0 Å². The van der Waals surface area contributed by atoms with Crippen molar-refractivity contribution in [1.29, 1.82) is 0 Å². The van der Waals surface area contributed by atoms with E-state index < -0.39 is 0 Å². The van der Waals surface area contributed by atoms with E-state index in [1.165, 1.54) is 5.56 Å². The summed E-state index contributed by atoms with van der Waals surface area (Å²) in [6, 6.07) is 0. The minimum Gasteiger partial charge on any atom is -0.381 e. The number of nitrogens with zero attached hydrogens (tertiary/aromatic N) is 4. The predicted octanol–water partition coefficient (Wildman–Crippen LogP) is 2.75. The number of hydrogen-bond donors (Lipinski definition) is 1. The van der Waals surface area contributed by atoms with Crippen LogP contribution >= 0.6 is 24.0 Å². The summed E-state index contributed by atoms with van der Waals surface area (Å²) < 4.78 is 13.2. The van der Waals surface area contributed by atoms with E-state index in [1.807, 2.05) is 18.8 Å². The highest BCUT2D eigenvalue weighted by Gasteiger charge is 2.15. The number of nitrogens with one attached hydrogen (secondary N) is 1. The van der Waals surface area contributed by atoms with Crippen molar-refractivity contribution in [3.63, 3.8) is 0 Å². The molecule has 7 nitrogen and oxygen atoms in total. The summed E-state index contributed by atoms with van der Waals surface area (Å²) in [5.74, 6) is 1.31. The van der Waals surface area contributed by atoms with Crippen LogP contribution in [-0.4, -0.2) is 67.2 Å². The van der Waals surface area contributed by atoms with E-state index >= 15 is 0 Å². The van der Waals surface area contributed by atoms with E-state index in [4.69, 9.17) is 9.47 Å². The number of aromatic nitrogens is 2. The molecule has 27 heavy (non-hydrogen) atoms. The standard InChI is InChI=1S/C19H35N5O2.HI/c1-15(2)18-16(14-24(5)22-18)13-23(4)19(20-3)21-9-6-10-26-17-7-11-25-12-8-17;/h14-15,17H,6-13H2,1-5H3,(H,20,21);1H. The summed E-state index contributed by atoms with van der Waals surface area (Å²) in [4.78, 5) is 6.54. The molecule has 0 spiro atoms. The minimum atomic E-state index is 0. The van der Waals surface area contributed by atoms with E-state index in [9.17, 15) is 0 Å². The van der Waals surface area contributed by atoms with Gasteiger partial charge in [0, 0.05) is 65.8 Å². The van der Waals surface area contributed by atoms with Crippen molar-refractivity contribution in [1.82, 2.24) is 20.0 Å². The number of rotatable bonds is 8. The Morgan fingerprint density at radius 1 is 1.44 bits per heavy atom. The van der Waals surface area contributed by atoms with Crippen LogP contribution in [0.2, 0.25) is 0 Å². The normalized spacial score (nSPS) is 15.7. The molecule has 0 bridgehead atoms. The molecular formula is C19H36IN5O2. The summed E-state index contributed by atoms with van der Waals surface area (Å²) >= 11 is 0. The van der Waals surface area contributed by atoms with E-state index in [0.717, 1.165) is 63.8 Å². The van der Waals surface area contributed by atoms with Gasteiger partial charge in [0.25, 0.3) is 0 Å². The van der Waals surface area contributed by atoms with Gasteiger partial charge >= 0.3 is 0 Å². The van der Waals surface area contributed by atoms with Gasteiger partial charge in [0.05, 0.1) is 11.8 Å². The van der Waals surface area contributed by atoms with Crippen LogP contribution in [0, 0.1) is 0 Å². The summed E-state index contributed by atoms with van der Waals surface area (Å²) in [5.41, 5.74) is 2.40. The smallest absolute Gasteiger partial charge is 0.193 e. The third kappa shape index (κ3) is 7.95. The van der Waals surface area contributed by atoms with Gasteiger partial charge in [-0.25, -0.2) is 0 Å². The monoisotopic (exact) mass is 493 g/mol. The second kappa shape index (κ2) is 12.6. The van der Waals surface area contributed by atoms with Crippen molar-refractivity contribution in [2.75, 3.05) is 40.5 Å². The average molecular weight is 493 g/mol. The molecule has 2 heterocycles. The Balaban J connectivity index is 0.00000364. The zero-order chi connectivity index (χ0) is 18.9. The summed E-state index contributed by atoms with van der Waals surface area (Å²) in [5, 5.41) is 8.01. The Kier molecular flexibility index (Phi) is 11.2. The molecule has 1 aromatic rings. The van der Waals surface area contributed by atoms with Gasteiger partial charge in [-0.05, 0) is 25.2 Å². The van der Waals surface area contributed by atoms with Crippen molar-refractivity contribution in [3.05, 3.63) is 17.5 Å². The number of aliphatic imine (C=N–C) groups is 1. The molecule has 0 unspecified atom stereocenters. The first-order valence-electron chi connectivity index (χ1n) is 9.64. The SMILES string of the molecule is CN=C(NCCCOC1CCOCC1)N(C)Cc1cn(C)nc1C(C)C.I. The lowest BCUT2D eigenvalue weighted by molar-refractivity contribution is -0.0320. The molecule has 0 aromatic carbocycles. The fourth-order valence-corrected chi connectivity index (χ4v) is 3.24. The fraction of sp³-hybridized carbons (Fsp3) is 0.789. The van der Waals surface area contributed by atoms with E-state index in [-0.39, 0.29) is 24.0 Å². The van der Waals surface area contributed by atoms with Crippen LogP contribution in [0.3, 0.4) is 0 Å². The lowest BCUT2D eigenvalue weighted by Gasteiger charge is -2.24. The maximum atomic E-state index is 5.91. The Hall–Kier alpha value is -0.870. The fourth-order valence-electron chi connectivity index (χ4n) is 3.24. The van der Waals surface area contributed by atoms with E-state index in [1.54, 1.807) is 0 Å². The highest BCUT2D eigenvalue weighted by atomic mass is 127. The minimum absolute atomic E-state index is 0. The molecule has 0 saturated carbocycles. The van der Waals surface area contributed by atoms with Crippen molar-refractivity contribution in [2.24, 2.45) is 12.0 Å². The lowest BCUT2D eigenvalue weighted by Crippen LogP contribution is -2.39. The molecule has 1 saturated heterocycles. The zero-order valence-electron chi connectivity index (χ0n) is 17.4.